The molecule has 0 aliphatic heterocycles. The van der Waals surface area contributed by atoms with Crippen LogP contribution in [0, 0.1) is 0 Å². The molecule has 0 unspecified atom stereocenters. The van der Waals surface area contributed by atoms with Crippen LogP contribution in [0.3, 0.4) is 0 Å². The molecule has 0 nitrogen and oxygen atoms in total. The minimum Gasteiger partial charge on any atom is -0.103 e. The SMILES string of the molecule is C=CCC/C=C(/C)CC.C=CCC/C=C(\C)CC. The highest BCUT2D eigenvalue weighted by Crippen LogP contribution is 2.02. The molecule has 0 fully saturated rings. The molecule has 0 rings (SSSR count). The van der Waals surface area contributed by atoms with Crippen molar-refractivity contribution in [3.05, 3.63) is 48.6 Å². The van der Waals surface area contributed by atoms with E-state index in [0.29, 0.717) is 0 Å². The average molecular weight is 248 g/mol. The molecule has 0 aromatic carbocycles. The quantitative estimate of drug-likeness (QED) is 0.334. The summed E-state index contributed by atoms with van der Waals surface area (Å²) < 4.78 is 0. The van der Waals surface area contributed by atoms with Crippen LogP contribution in [0.25, 0.3) is 0 Å². The van der Waals surface area contributed by atoms with Gasteiger partial charge in [-0.15, -0.1) is 13.2 Å². The van der Waals surface area contributed by atoms with Crippen LogP contribution in [0.15, 0.2) is 48.6 Å². The number of hydrogen-bond donors (Lipinski definition) is 0. The maximum atomic E-state index is 3.65. The Hall–Kier alpha value is -1.04. The monoisotopic (exact) mass is 248 g/mol. The fraction of sp³-hybridized carbons (Fsp3) is 0.556. The Morgan fingerprint density at radius 1 is 0.722 bits per heavy atom. The highest BCUT2D eigenvalue weighted by Gasteiger charge is 1.81. The number of unbranched alkanes of at least 4 members (excludes halogenated alkanes) is 2. The third kappa shape index (κ3) is 17.4. The van der Waals surface area contributed by atoms with Gasteiger partial charge in [0.2, 0.25) is 0 Å². The molecule has 104 valence electrons. The second-order valence-electron chi connectivity index (χ2n) is 4.54. The first-order chi connectivity index (χ1) is 8.62. The molecule has 0 aliphatic carbocycles. The van der Waals surface area contributed by atoms with Crippen LogP contribution >= 0.6 is 0 Å². The summed E-state index contributed by atoms with van der Waals surface area (Å²) in [6.07, 6.45) is 15.4. The van der Waals surface area contributed by atoms with E-state index in [9.17, 15) is 0 Å². The van der Waals surface area contributed by atoms with Gasteiger partial charge in [0.25, 0.3) is 0 Å². The first-order valence-corrected chi connectivity index (χ1v) is 7.15. The summed E-state index contributed by atoms with van der Waals surface area (Å²) in [7, 11) is 0. The zero-order valence-corrected chi connectivity index (χ0v) is 13.0. The Labute approximate surface area is 115 Å². The fourth-order valence-corrected chi connectivity index (χ4v) is 1.18. The van der Waals surface area contributed by atoms with E-state index >= 15 is 0 Å². The van der Waals surface area contributed by atoms with Gasteiger partial charge in [-0.3, -0.25) is 0 Å². The van der Waals surface area contributed by atoms with Crippen LogP contribution in [0.5, 0.6) is 0 Å². The van der Waals surface area contributed by atoms with Gasteiger partial charge in [0, 0.05) is 0 Å². The Balaban J connectivity index is 0. The van der Waals surface area contributed by atoms with E-state index in [1.165, 1.54) is 24.0 Å². The second kappa shape index (κ2) is 16.0. The fourth-order valence-electron chi connectivity index (χ4n) is 1.18. The van der Waals surface area contributed by atoms with E-state index in [1.807, 2.05) is 12.2 Å². The number of hydrogen-bond acceptors (Lipinski definition) is 0. The van der Waals surface area contributed by atoms with E-state index in [0.717, 1.165) is 25.7 Å². The molecule has 0 spiro atoms. The van der Waals surface area contributed by atoms with Crippen molar-refractivity contribution in [1.82, 2.24) is 0 Å². The maximum Gasteiger partial charge on any atom is -0.0314 e. The Kier molecular flexibility index (Phi) is 17.1. The highest BCUT2D eigenvalue weighted by atomic mass is 13.9. The van der Waals surface area contributed by atoms with E-state index in [-0.39, 0.29) is 0 Å². The zero-order chi connectivity index (χ0) is 14.2. The molecule has 0 bridgehead atoms. The van der Waals surface area contributed by atoms with Crippen LogP contribution in [-0.2, 0) is 0 Å². The molecule has 0 saturated heterocycles. The highest BCUT2D eigenvalue weighted by molar-refractivity contribution is 4.97. The summed E-state index contributed by atoms with van der Waals surface area (Å²) in [5, 5.41) is 0. The minimum atomic E-state index is 1.11. The summed E-state index contributed by atoms with van der Waals surface area (Å²) in [6.45, 7) is 16.0. The second-order valence-corrected chi connectivity index (χ2v) is 4.54. The van der Waals surface area contributed by atoms with Crippen molar-refractivity contribution in [3.63, 3.8) is 0 Å². The predicted octanol–water partition coefficient (Wildman–Crippen LogP) is 6.62. The van der Waals surface area contributed by atoms with Crippen molar-refractivity contribution in [1.29, 1.82) is 0 Å². The zero-order valence-electron chi connectivity index (χ0n) is 13.0. The first-order valence-electron chi connectivity index (χ1n) is 7.15. The molecule has 0 aromatic rings. The third-order valence-corrected chi connectivity index (χ3v) is 2.84. The molecule has 0 heterocycles. The number of rotatable bonds is 8. The summed E-state index contributed by atoms with van der Waals surface area (Å²) in [5.74, 6) is 0. The summed E-state index contributed by atoms with van der Waals surface area (Å²) in [4.78, 5) is 0. The van der Waals surface area contributed by atoms with Gasteiger partial charge in [0.15, 0.2) is 0 Å². The molecule has 0 amide bonds. The van der Waals surface area contributed by atoms with Gasteiger partial charge in [-0.2, -0.15) is 0 Å². The Morgan fingerprint density at radius 2 is 1.06 bits per heavy atom. The van der Waals surface area contributed by atoms with Gasteiger partial charge in [0.05, 0.1) is 0 Å². The van der Waals surface area contributed by atoms with Gasteiger partial charge < -0.3 is 0 Å². The molecule has 0 saturated carbocycles. The normalized spacial score (nSPS) is 11.6. The van der Waals surface area contributed by atoms with Crippen molar-refractivity contribution in [2.24, 2.45) is 0 Å². The number of allylic oxidation sites excluding steroid dienone is 6. The molecule has 0 heteroatoms. The summed E-state index contributed by atoms with van der Waals surface area (Å²) >= 11 is 0. The summed E-state index contributed by atoms with van der Waals surface area (Å²) in [5.41, 5.74) is 2.97. The molecule has 0 aliphatic rings. The smallest absolute Gasteiger partial charge is 0.0314 e. The molecule has 0 N–H and O–H groups in total. The molecular weight excluding hydrogens is 216 g/mol. The third-order valence-electron chi connectivity index (χ3n) is 2.84. The van der Waals surface area contributed by atoms with Gasteiger partial charge in [-0.1, -0.05) is 49.3 Å². The van der Waals surface area contributed by atoms with Crippen LogP contribution in [-0.4, -0.2) is 0 Å². The standard InChI is InChI=1S/2C9H16/c2*1-4-6-7-8-9(3)5-2/h2*4,8H,1,5-7H2,2-3H3/b9-8+;9-8-. The van der Waals surface area contributed by atoms with E-state index in [4.69, 9.17) is 0 Å². The maximum absolute atomic E-state index is 3.65. The lowest BCUT2D eigenvalue weighted by atomic mass is 10.2. The van der Waals surface area contributed by atoms with Gasteiger partial charge >= 0.3 is 0 Å². The van der Waals surface area contributed by atoms with E-state index in [1.54, 1.807) is 0 Å². The van der Waals surface area contributed by atoms with Crippen LogP contribution in [0.4, 0.5) is 0 Å². The molecule has 0 aromatic heterocycles. The van der Waals surface area contributed by atoms with Crippen molar-refractivity contribution >= 4 is 0 Å². The van der Waals surface area contributed by atoms with E-state index < -0.39 is 0 Å². The lowest BCUT2D eigenvalue weighted by Gasteiger charge is -1.91. The minimum absolute atomic E-state index is 1.11. The van der Waals surface area contributed by atoms with Crippen LogP contribution < -0.4 is 0 Å². The van der Waals surface area contributed by atoms with Crippen molar-refractivity contribution in [2.45, 2.75) is 66.2 Å². The van der Waals surface area contributed by atoms with Crippen LogP contribution in [0.2, 0.25) is 0 Å². The first kappa shape index (κ1) is 19.3. The Bertz CT molecular complexity index is 225. The topological polar surface area (TPSA) is 0 Å². The van der Waals surface area contributed by atoms with Gasteiger partial charge in [0.1, 0.15) is 0 Å². The summed E-state index contributed by atoms with van der Waals surface area (Å²) in [6, 6.07) is 0. The van der Waals surface area contributed by atoms with Gasteiger partial charge in [-0.25, -0.2) is 0 Å². The molecule has 0 radical (unpaired) electrons. The lowest BCUT2D eigenvalue weighted by Crippen LogP contribution is -1.71. The molecule has 0 atom stereocenters. The largest absolute Gasteiger partial charge is 0.103 e. The predicted molar refractivity (Wildman–Crippen MR) is 87.0 cm³/mol. The molecular formula is C18H32. The Morgan fingerprint density at radius 3 is 1.28 bits per heavy atom. The lowest BCUT2D eigenvalue weighted by molar-refractivity contribution is 1.00. The van der Waals surface area contributed by atoms with Crippen LogP contribution in [0.1, 0.15) is 66.2 Å². The van der Waals surface area contributed by atoms with Crippen molar-refractivity contribution in [2.75, 3.05) is 0 Å². The van der Waals surface area contributed by atoms with E-state index in [2.05, 4.69) is 53.0 Å². The van der Waals surface area contributed by atoms with Crippen molar-refractivity contribution in [3.8, 4) is 0 Å². The molecule has 18 heavy (non-hydrogen) atoms. The van der Waals surface area contributed by atoms with Crippen molar-refractivity contribution < 1.29 is 0 Å². The average Bonchev–Trinajstić information content (AvgIpc) is 2.39. The van der Waals surface area contributed by atoms with Gasteiger partial charge in [-0.05, 0) is 52.4 Å².